The van der Waals surface area contributed by atoms with Crippen LogP contribution in [0.4, 0.5) is 5.69 Å². The predicted molar refractivity (Wildman–Crippen MR) is 88.1 cm³/mol. The SMILES string of the molecule is CCCCNC(=O)c1ccc(COc2ccc([N+](=O)[O-])c(C)c2)o1. The summed E-state index contributed by atoms with van der Waals surface area (Å²) in [5, 5.41) is 13.6. The van der Waals surface area contributed by atoms with Crippen LogP contribution in [-0.2, 0) is 6.61 Å². The number of nitro benzene ring substituents is 1. The van der Waals surface area contributed by atoms with E-state index in [1.165, 1.54) is 12.1 Å². The van der Waals surface area contributed by atoms with Gasteiger partial charge in [-0.1, -0.05) is 13.3 Å². The molecule has 24 heavy (non-hydrogen) atoms. The minimum absolute atomic E-state index is 0.0476. The highest BCUT2D eigenvalue weighted by atomic mass is 16.6. The number of hydrogen-bond donors (Lipinski definition) is 1. The van der Waals surface area contributed by atoms with Crippen LogP contribution in [0.5, 0.6) is 5.75 Å². The number of amides is 1. The quantitative estimate of drug-likeness (QED) is 0.453. The zero-order valence-corrected chi connectivity index (χ0v) is 13.7. The molecule has 2 rings (SSSR count). The Morgan fingerprint density at radius 3 is 2.79 bits per heavy atom. The summed E-state index contributed by atoms with van der Waals surface area (Å²) in [6.45, 7) is 4.45. The van der Waals surface area contributed by atoms with Gasteiger partial charge >= 0.3 is 0 Å². The Morgan fingerprint density at radius 1 is 1.33 bits per heavy atom. The van der Waals surface area contributed by atoms with Crippen molar-refractivity contribution in [2.75, 3.05) is 6.54 Å². The second-order valence-corrected chi connectivity index (χ2v) is 5.37. The Morgan fingerprint density at radius 2 is 2.12 bits per heavy atom. The van der Waals surface area contributed by atoms with Gasteiger partial charge < -0.3 is 14.5 Å². The average molecular weight is 332 g/mol. The first-order valence-electron chi connectivity index (χ1n) is 7.76. The number of nitrogens with one attached hydrogen (secondary N) is 1. The highest BCUT2D eigenvalue weighted by Crippen LogP contribution is 2.23. The molecule has 0 atom stereocenters. The van der Waals surface area contributed by atoms with Gasteiger partial charge in [-0.15, -0.1) is 0 Å². The van der Waals surface area contributed by atoms with Crippen molar-refractivity contribution in [2.24, 2.45) is 0 Å². The molecule has 0 aliphatic rings. The normalized spacial score (nSPS) is 10.4. The van der Waals surface area contributed by atoms with Crippen molar-refractivity contribution >= 4 is 11.6 Å². The lowest BCUT2D eigenvalue weighted by molar-refractivity contribution is -0.385. The summed E-state index contributed by atoms with van der Waals surface area (Å²) in [6.07, 6.45) is 1.92. The summed E-state index contributed by atoms with van der Waals surface area (Å²) in [4.78, 5) is 22.2. The molecule has 7 heteroatoms. The first kappa shape index (κ1) is 17.5. The van der Waals surface area contributed by atoms with E-state index in [2.05, 4.69) is 12.2 Å². The number of carbonyl (C=O) groups excluding carboxylic acids is 1. The lowest BCUT2D eigenvalue weighted by Crippen LogP contribution is -2.23. The standard InChI is InChI=1S/C17H20N2O5/c1-3-4-9-18-17(20)16-8-6-14(24-16)11-23-13-5-7-15(19(21)22)12(2)10-13/h5-8,10H,3-4,9,11H2,1-2H3,(H,18,20). The van der Waals surface area contributed by atoms with Crippen molar-refractivity contribution in [3.05, 3.63) is 57.5 Å². The van der Waals surface area contributed by atoms with E-state index in [9.17, 15) is 14.9 Å². The van der Waals surface area contributed by atoms with Crippen LogP contribution in [0.25, 0.3) is 0 Å². The molecule has 0 aliphatic heterocycles. The third-order valence-electron chi connectivity index (χ3n) is 3.45. The van der Waals surface area contributed by atoms with Gasteiger partial charge in [-0.25, -0.2) is 0 Å². The molecule has 1 N–H and O–H groups in total. The highest BCUT2D eigenvalue weighted by Gasteiger charge is 2.13. The average Bonchev–Trinajstić information content (AvgIpc) is 3.02. The zero-order valence-electron chi connectivity index (χ0n) is 13.7. The Hall–Kier alpha value is -2.83. The molecule has 0 aliphatic carbocycles. The Kier molecular flexibility index (Phi) is 5.95. The van der Waals surface area contributed by atoms with Gasteiger partial charge in [-0.3, -0.25) is 14.9 Å². The molecule has 1 aromatic heterocycles. The van der Waals surface area contributed by atoms with Crippen LogP contribution in [0.1, 0.15) is 41.6 Å². The van der Waals surface area contributed by atoms with Crippen LogP contribution in [0.2, 0.25) is 0 Å². The van der Waals surface area contributed by atoms with Gasteiger partial charge in [0.25, 0.3) is 11.6 Å². The molecule has 0 saturated heterocycles. The van der Waals surface area contributed by atoms with Gasteiger partial charge in [-0.05, 0) is 37.6 Å². The molecule has 1 aromatic carbocycles. The molecule has 2 aromatic rings. The molecule has 128 valence electrons. The second kappa shape index (κ2) is 8.14. The molecule has 7 nitrogen and oxygen atoms in total. The van der Waals surface area contributed by atoms with E-state index in [4.69, 9.17) is 9.15 Å². The van der Waals surface area contributed by atoms with Gasteiger partial charge in [0.2, 0.25) is 0 Å². The van der Waals surface area contributed by atoms with Crippen LogP contribution >= 0.6 is 0 Å². The van der Waals surface area contributed by atoms with Gasteiger partial charge in [0.1, 0.15) is 18.1 Å². The molecule has 1 heterocycles. The molecule has 0 saturated carbocycles. The molecule has 0 fully saturated rings. The summed E-state index contributed by atoms with van der Waals surface area (Å²) < 4.78 is 11.0. The van der Waals surface area contributed by atoms with Crippen LogP contribution in [0.15, 0.2) is 34.7 Å². The fourth-order valence-corrected chi connectivity index (χ4v) is 2.12. The molecular weight excluding hydrogens is 312 g/mol. The van der Waals surface area contributed by atoms with E-state index < -0.39 is 4.92 Å². The van der Waals surface area contributed by atoms with Crippen LogP contribution in [-0.4, -0.2) is 17.4 Å². The van der Waals surface area contributed by atoms with Gasteiger partial charge in [0.15, 0.2) is 5.76 Å². The van der Waals surface area contributed by atoms with Crippen molar-refractivity contribution in [2.45, 2.75) is 33.3 Å². The Bertz CT molecular complexity index is 724. The number of carbonyl (C=O) groups is 1. The van der Waals surface area contributed by atoms with E-state index >= 15 is 0 Å². The van der Waals surface area contributed by atoms with E-state index in [1.54, 1.807) is 25.1 Å². The maximum atomic E-state index is 11.8. The third kappa shape index (κ3) is 4.58. The number of furan rings is 1. The molecule has 1 amide bonds. The smallest absolute Gasteiger partial charge is 0.286 e. The number of aryl methyl sites for hydroxylation is 1. The molecule has 0 radical (unpaired) electrons. The van der Waals surface area contributed by atoms with Crippen LogP contribution in [0.3, 0.4) is 0 Å². The molecule has 0 bridgehead atoms. The fraction of sp³-hybridized carbons (Fsp3) is 0.353. The summed E-state index contributed by atoms with van der Waals surface area (Å²) in [5.74, 6) is 1.00. The number of nitro groups is 1. The Balaban J connectivity index is 1.92. The number of benzene rings is 1. The number of ether oxygens (including phenoxy) is 1. The van der Waals surface area contributed by atoms with Crippen LogP contribution in [0, 0.1) is 17.0 Å². The maximum absolute atomic E-state index is 11.8. The van der Waals surface area contributed by atoms with Crippen molar-refractivity contribution in [1.29, 1.82) is 0 Å². The third-order valence-corrected chi connectivity index (χ3v) is 3.45. The minimum atomic E-state index is -0.435. The first-order chi connectivity index (χ1) is 11.5. The highest BCUT2D eigenvalue weighted by molar-refractivity contribution is 5.91. The summed E-state index contributed by atoms with van der Waals surface area (Å²) >= 11 is 0. The van der Waals surface area contributed by atoms with Crippen LogP contribution < -0.4 is 10.1 Å². The van der Waals surface area contributed by atoms with E-state index in [1.807, 2.05) is 0 Å². The van der Waals surface area contributed by atoms with E-state index in [0.29, 0.717) is 23.6 Å². The maximum Gasteiger partial charge on any atom is 0.286 e. The van der Waals surface area contributed by atoms with E-state index in [0.717, 1.165) is 12.8 Å². The van der Waals surface area contributed by atoms with E-state index in [-0.39, 0.29) is 24.0 Å². The number of unbranched alkanes of at least 4 members (excludes halogenated alkanes) is 1. The lowest BCUT2D eigenvalue weighted by Gasteiger charge is -2.05. The molecular formula is C17H20N2O5. The van der Waals surface area contributed by atoms with Crippen molar-refractivity contribution in [1.82, 2.24) is 5.32 Å². The topological polar surface area (TPSA) is 94.6 Å². The van der Waals surface area contributed by atoms with Crippen molar-refractivity contribution in [3.8, 4) is 5.75 Å². The Labute approximate surface area is 139 Å². The number of hydrogen-bond acceptors (Lipinski definition) is 5. The van der Waals surface area contributed by atoms with Gasteiger partial charge in [0.05, 0.1) is 4.92 Å². The second-order valence-electron chi connectivity index (χ2n) is 5.37. The number of rotatable bonds is 8. The van der Waals surface area contributed by atoms with Crippen molar-refractivity contribution in [3.63, 3.8) is 0 Å². The lowest BCUT2D eigenvalue weighted by atomic mass is 10.2. The zero-order chi connectivity index (χ0) is 17.5. The molecule has 0 unspecified atom stereocenters. The number of nitrogens with zero attached hydrogens (tertiary/aromatic N) is 1. The molecule has 0 spiro atoms. The minimum Gasteiger partial charge on any atom is -0.486 e. The predicted octanol–water partition coefficient (Wildman–Crippen LogP) is 3.61. The van der Waals surface area contributed by atoms with Gasteiger partial charge in [-0.2, -0.15) is 0 Å². The first-order valence-corrected chi connectivity index (χ1v) is 7.76. The fourth-order valence-electron chi connectivity index (χ4n) is 2.12. The summed E-state index contributed by atoms with van der Waals surface area (Å²) in [5.41, 5.74) is 0.569. The van der Waals surface area contributed by atoms with Crippen molar-refractivity contribution < 1.29 is 18.9 Å². The summed E-state index contributed by atoms with van der Waals surface area (Å²) in [7, 11) is 0. The largest absolute Gasteiger partial charge is 0.486 e. The monoisotopic (exact) mass is 332 g/mol. The summed E-state index contributed by atoms with van der Waals surface area (Å²) in [6, 6.07) is 7.80. The van der Waals surface area contributed by atoms with Gasteiger partial charge in [0, 0.05) is 18.2 Å².